The number of hydrazine groups is 1. The van der Waals surface area contributed by atoms with Gasteiger partial charge in [-0.25, -0.2) is 9.99 Å². The number of ether oxygens (including phenoxy) is 1. The summed E-state index contributed by atoms with van der Waals surface area (Å²) in [5.41, 5.74) is 3.05. The molecular formula is C10H15N5O3. The van der Waals surface area contributed by atoms with E-state index in [1.807, 2.05) is 5.01 Å². The maximum Gasteiger partial charge on any atom is 0.276 e. The van der Waals surface area contributed by atoms with Crippen molar-refractivity contribution in [3.8, 4) is 0 Å². The summed E-state index contributed by atoms with van der Waals surface area (Å²) in [5.74, 6) is 0.912. The zero-order chi connectivity index (χ0) is 13.0. The van der Waals surface area contributed by atoms with Gasteiger partial charge < -0.3 is 15.5 Å². The maximum atomic E-state index is 10.8. The molecule has 98 valence electrons. The summed E-state index contributed by atoms with van der Waals surface area (Å²) in [5, 5.41) is 15.5. The van der Waals surface area contributed by atoms with Gasteiger partial charge in [-0.2, -0.15) is 0 Å². The molecule has 0 spiro atoms. The predicted octanol–water partition coefficient (Wildman–Crippen LogP) is 0.691. The van der Waals surface area contributed by atoms with Gasteiger partial charge in [0.25, 0.3) is 5.69 Å². The van der Waals surface area contributed by atoms with Crippen LogP contribution in [0, 0.1) is 10.1 Å². The lowest BCUT2D eigenvalue weighted by molar-refractivity contribution is -0.384. The van der Waals surface area contributed by atoms with Crippen LogP contribution in [0.3, 0.4) is 0 Å². The number of hydrogen-bond donors (Lipinski definition) is 2. The Morgan fingerprint density at radius 3 is 2.67 bits per heavy atom. The van der Waals surface area contributed by atoms with Gasteiger partial charge in [0.1, 0.15) is 11.6 Å². The van der Waals surface area contributed by atoms with Crippen LogP contribution in [-0.4, -0.2) is 48.3 Å². The maximum absolute atomic E-state index is 10.8. The van der Waals surface area contributed by atoms with E-state index >= 15 is 0 Å². The predicted molar refractivity (Wildman–Crippen MR) is 66.5 cm³/mol. The number of rotatable bonds is 4. The van der Waals surface area contributed by atoms with E-state index in [2.05, 4.69) is 15.7 Å². The standard InChI is InChI=1S/C10H15N5O3/c1-11-9-6-8(15(16)17)7-10(12-9)13-14-2-4-18-5-3-14/h6-7H,2-5H2,1H3,(H2,11,12,13). The molecule has 0 aliphatic carbocycles. The summed E-state index contributed by atoms with van der Waals surface area (Å²) in [6.45, 7) is 2.72. The van der Waals surface area contributed by atoms with E-state index in [1.165, 1.54) is 12.1 Å². The van der Waals surface area contributed by atoms with E-state index < -0.39 is 4.92 Å². The molecule has 2 rings (SSSR count). The van der Waals surface area contributed by atoms with Gasteiger partial charge >= 0.3 is 0 Å². The van der Waals surface area contributed by atoms with Crippen LogP contribution >= 0.6 is 0 Å². The van der Waals surface area contributed by atoms with Crippen LogP contribution in [0.2, 0.25) is 0 Å². The van der Waals surface area contributed by atoms with Crippen LogP contribution in [0.4, 0.5) is 17.3 Å². The highest BCUT2D eigenvalue weighted by Gasteiger charge is 2.14. The first-order valence-electron chi connectivity index (χ1n) is 5.62. The summed E-state index contributed by atoms with van der Waals surface area (Å²) in [4.78, 5) is 14.6. The van der Waals surface area contributed by atoms with Crippen molar-refractivity contribution < 1.29 is 9.66 Å². The Bertz CT molecular complexity index is 434. The summed E-state index contributed by atoms with van der Waals surface area (Å²) >= 11 is 0. The lowest BCUT2D eigenvalue weighted by Crippen LogP contribution is -2.40. The molecule has 0 atom stereocenters. The molecule has 0 unspecified atom stereocenters. The van der Waals surface area contributed by atoms with Crippen molar-refractivity contribution in [1.82, 2.24) is 9.99 Å². The Morgan fingerprint density at radius 1 is 1.39 bits per heavy atom. The van der Waals surface area contributed by atoms with Gasteiger partial charge in [0.15, 0.2) is 0 Å². The topological polar surface area (TPSA) is 92.6 Å². The van der Waals surface area contributed by atoms with Crippen molar-refractivity contribution in [2.75, 3.05) is 44.1 Å². The first-order valence-corrected chi connectivity index (χ1v) is 5.62. The number of morpholine rings is 1. The largest absolute Gasteiger partial charge is 0.379 e. The van der Waals surface area contributed by atoms with Crippen molar-refractivity contribution in [3.63, 3.8) is 0 Å². The fourth-order valence-corrected chi connectivity index (χ4v) is 1.64. The van der Waals surface area contributed by atoms with Crippen molar-refractivity contribution in [1.29, 1.82) is 0 Å². The van der Waals surface area contributed by atoms with Crippen LogP contribution in [0.5, 0.6) is 0 Å². The normalized spacial score (nSPS) is 16.3. The molecule has 8 heteroatoms. The fourth-order valence-electron chi connectivity index (χ4n) is 1.64. The van der Waals surface area contributed by atoms with Crippen molar-refractivity contribution in [2.45, 2.75) is 0 Å². The van der Waals surface area contributed by atoms with E-state index in [4.69, 9.17) is 4.74 Å². The second-order valence-electron chi connectivity index (χ2n) is 3.81. The quantitative estimate of drug-likeness (QED) is 0.602. The molecule has 0 aromatic carbocycles. The molecule has 1 aliphatic rings. The lowest BCUT2D eigenvalue weighted by atomic mass is 10.3. The Balaban J connectivity index is 2.15. The zero-order valence-corrected chi connectivity index (χ0v) is 10.0. The molecule has 0 radical (unpaired) electrons. The average Bonchev–Trinajstić information content (AvgIpc) is 2.39. The third-order valence-corrected chi connectivity index (χ3v) is 2.56. The summed E-state index contributed by atoms with van der Waals surface area (Å²) in [6.07, 6.45) is 0. The monoisotopic (exact) mass is 253 g/mol. The third kappa shape index (κ3) is 3.05. The Kier molecular flexibility index (Phi) is 3.90. The number of pyridine rings is 1. The fraction of sp³-hybridized carbons (Fsp3) is 0.500. The Labute approximate surface area is 104 Å². The van der Waals surface area contributed by atoms with Gasteiger partial charge in [-0.3, -0.25) is 10.1 Å². The lowest BCUT2D eigenvalue weighted by Gasteiger charge is -2.27. The van der Waals surface area contributed by atoms with Crippen LogP contribution in [0.1, 0.15) is 0 Å². The van der Waals surface area contributed by atoms with Crippen molar-refractivity contribution in [3.05, 3.63) is 22.2 Å². The highest BCUT2D eigenvalue weighted by Crippen LogP contribution is 2.20. The zero-order valence-electron chi connectivity index (χ0n) is 10.0. The summed E-state index contributed by atoms with van der Waals surface area (Å²) in [7, 11) is 1.67. The van der Waals surface area contributed by atoms with Gasteiger partial charge in [0.05, 0.1) is 30.3 Å². The minimum Gasteiger partial charge on any atom is -0.379 e. The van der Waals surface area contributed by atoms with Gasteiger partial charge in [0.2, 0.25) is 0 Å². The molecule has 2 heterocycles. The molecule has 0 saturated carbocycles. The molecule has 1 aromatic rings. The molecule has 0 amide bonds. The summed E-state index contributed by atoms with van der Waals surface area (Å²) in [6, 6.07) is 2.81. The molecular weight excluding hydrogens is 238 g/mol. The minimum atomic E-state index is -0.437. The molecule has 2 N–H and O–H groups in total. The number of anilines is 2. The molecule has 1 aliphatic heterocycles. The minimum absolute atomic E-state index is 0.00473. The Morgan fingerprint density at radius 2 is 2.06 bits per heavy atom. The summed E-state index contributed by atoms with van der Waals surface area (Å²) < 4.78 is 5.22. The number of nitrogens with one attached hydrogen (secondary N) is 2. The Hall–Kier alpha value is -1.93. The van der Waals surface area contributed by atoms with Crippen LogP contribution in [0.25, 0.3) is 0 Å². The highest BCUT2D eigenvalue weighted by molar-refractivity contribution is 5.54. The van der Waals surface area contributed by atoms with E-state index in [9.17, 15) is 10.1 Å². The van der Waals surface area contributed by atoms with E-state index in [0.717, 1.165) is 13.1 Å². The number of hydrogen-bond acceptors (Lipinski definition) is 7. The number of nitro groups is 1. The van der Waals surface area contributed by atoms with Gasteiger partial charge in [0, 0.05) is 20.1 Å². The van der Waals surface area contributed by atoms with E-state index in [1.54, 1.807) is 7.05 Å². The number of aromatic nitrogens is 1. The third-order valence-electron chi connectivity index (χ3n) is 2.56. The molecule has 0 bridgehead atoms. The van der Waals surface area contributed by atoms with Crippen LogP contribution < -0.4 is 10.7 Å². The first kappa shape index (κ1) is 12.5. The molecule has 1 aromatic heterocycles. The SMILES string of the molecule is CNc1cc([N+](=O)[O-])cc(NN2CCOCC2)n1. The first-order chi connectivity index (χ1) is 8.69. The molecule has 8 nitrogen and oxygen atoms in total. The molecule has 1 saturated heterocycles. The van der Waals surface area contributed by atoms with Gasteiger partial charge in [-0.15, -0.1) is 0 Å². The number of nitrogens with zero attached hydrogens (tertiary/aromatic N) is 3. The van der Waals surface area contributed by atoms with E-state index in [0.29, 0.717) is 24.8 Å². The molecule has 18 heavy (non-hydrogen) atoms. The second kappa shape index (κ2) is 5.61. The smallest absolute Gasteiger partial charge is 0.276 e. The molecule has 1 fully saturated rings. The van der Waals surface area contributed by atoms with Crippen LogP contribution in [-0.2, 0) is 4.74 Å². The average molecular weight is 253 g/mol. The van der Waals surface area contributed by atoms with Crippen molar-refractivity contribution in [2.24, 2.45) is 0 Å². The highest BCUT2D eigenvalue weighted by atomic mass is 16.6. The van der Waals surface area contributed by atoms with Gasteiger partial charge in [-0.1, -0.05) is 0 Å². The second-order valence-corrected chi connectivity index (χ2v) is 3.81. The van der Waals surface area contributed by atoms with E-state index in [-0.39, 0.29) is 5.69 Å². The van der Waals surface area contributed by atoms with Gasteiger partial charge in [-0.05, 0) is 0 Å². The van der Waals surface area contributed by atoms with Crippen LogP contribution in [0.15, 0.2) is 12.1 Å². The van der Waals surface area contributed by atoms with Crippen molar-refractivity contribution >= 4 is 17.3 Å².